The molecule has 0 bridgehead atoms. The van der Waals surface area contributed by atoms with Gasteiger partial charge in [0.25, 0.3) is 5.91 Å². The highest BCUT2D eigenvalue weighted by atomic mass is 16.5. The summed E-state index contributed by atoms with van der Waals surface area (Å²) in [6.07, 6.45) is 1.47. The topological polar surface area (TPSA) is 87.1 Å². The second-order valence-electron chi connectivity index (χ2n) is 5.14. The highest BCUT2D eigenvalue weighted by Gasteiger charge is 2.48. The fourth-order valence-corrected chi connectivity index (χ4v) is 2.89. The van der Waals surface area contributed by atoms with E-state index in [2.05, 4.69) is 0 Å². The summed E-state index contributed by atoms with van der Waals surface area (Å²) in [5.74, 6) is -1.23. The molecule has 2 rings (SSSR count). The maximum atomic E-state index is 12.6. The van der Waals surface area contributed by atoms with Crippen molar-refractivity contribution in [1.29, 1.82) is 0 Å². The van der Waals surface area contributed by atoms with Gasteiger partial charge >= 0.3 is 5.97 Å². The molecule has 0 aliphatic carbocycles. The molecule has 0 spiro atoms. The molecule has 1 amide bonds. The Balaban J connectivity index is 2.35. The number of nitrogens with zero attached hydrogens (tertiary/aromatic N) is 1. The lowest BCUT2D eigenvalue weighted by Gasteiger charge is -2.34. The average molecular weight is 293 g/mol. The Hall–Kier alpha value is -2.24. The van der Waals surface area contributed by atoms with Crippen LogP contribution in [0.4, 0.5) is 0 Å². The standard InChI is InChI=1S/C15H19NO5/c1-3-15(14(19)20)7-4-8-16(15)13(18)10-5-6-12(21-2)11(17)9-10/h5-6,9,17H,3-4,7-8H2,1-2H3,(H,19,20). The van der Waals surface area contributed by atoms with E-state index in [-0.39, 0.29) is 23.0 Å². The molecule has 1 saturated heterocycles. The van der Waals surface area contributed by atoms with Crippen LogP contribution in [0.25, 0.3) is 0 Å². The van der Waals surface area contributed by atoms with Crippen molar-refractivity contribution in [3.63, 3.8) is 0 Å². The molecule has 1 aliphatic rings. The molecule has 21 heavy (non-hydrogen) atoms. The SMILES string of the molecule is CCC1(C(=O)O)CCCN1C(=O)c1ccc(OC)c(O)c1. The molecule has 0 saturated carbocycles. The average Bonchev–Trinajstić information content (AvgIpc) is 2.91. The minimum absolute atomic E-state index is 0.139. The maximum Gasteiger partial charge on any atom is 0.329 e. The molecule has 1 fully saturated rings. The number of phenolic OH excluding ortho intramolecular Hbond substituents is 1. The zero-order valence-corrected chi connectivity index (χ0v) is 12.1. The van der Waals surface area contributed by atoms with E-state index in [0.29, 0.717) is 25.8 Å². The molecule has 2 N–H and O–H groups in total. The largest absolute Gasteiger partial charge is 0.504 e. The first-order valence-corrected chi connectivity index (χ1v) is 6.88. The molecule has 1 aliphatic heterocycles. The number of ether oxygens (including phenoxy) is 1. The number of hydrogen-bond acceptors (Lipinski definition) is 4. The number of rotatable bonds is 4. The van der Waals surface area contributed by atoms with Gasteiger partial charge in [-0.05, 0) is 37.5 Å². The Morgan fingerprint density at radius 1 is 1.43 bits per heavy atom. The van der Waals surface area contributed by atoms with Gasteiger partial charge in [-0.3, -0.25) is 4.79 Å². The van der Waals surface area contributed by atoms with E-state index in [9.17, 15) is 19.8 Å². The lowest BCUT2D eigenvalue weighted by Crippen LogP contribution is -2.52. The van der Waals surface area contributed by atoms with E-state index >= 15 is 0 Å². The van der Waals surface area contributed by atoms with Crippen LogP contribution >= 0.6 is 0 Å². The third-order valence-corrected chi connectivity index (χ3v) is 4.14. The number of carbonyl (C=O) groups excluding carboxylic acids is 1. The summed E-state index contributed by atoms with van der Waals surface area (Å²) in [4.78, 5) is 25.6. The maximum absolute atomic E-state index is 12.6. The third-order valence-electron chi connectivity index (χ3n) is 4.14. The molecule has 0 radical (unpaired) electrons. The molecule has 0 aromatic heterocycles. The fraction of sp³-hybridized carbons (Fsp3) is 0.467. The van der Waals surface area contributed by atoms with Crippen molar-refractivity contribution in [2.24, 2.45) is 0 Å². The van der Waals surface area contributed by atoms with Crippen LogP contribution in [0.1, 0.15) is 36.5 Å². The first kappa shape index (κ1) is 15.2. The van der Waals surface area contributed by atoms with Crippen LogP contribution in [0.2, 0.25) is 0 Å². The second kappa shape index (κ2) is 5.63. The number of methoxy groups -OCH3 is 1. The molecular weight excluding hydrogens is 274 g/mol. The number of aliphatic carboxylic acids is 1. The first-order chi connectivity index (χ1) is 9.96. The molecular formula is C15H19NO5. The summed E-state index contributed by atoms with van der Waals surface area (Å²) in [5, 5.41) is 19.3. The lowest BCUT2D eigenvalue weighted by molar-refractivity contribution is -0.148. The predicted molar refractivity (Wildman–Crippen MR) is 75.6 cm³/mol. The van der Waals surface area contributed by atoms with E-state index in [1.165, 1.54) is 30.2 Å². The van der Waals surface area contributed by atoms with Crippen LogP contribution in [-0.2, 0) is 4.79 Å². The van der Waals surface area contributed by atoms with Gasteiger partial charge in [0.15, 0.2) is 11.5 Å². The van der Waals surface area contributed by atoms with Gasteiger partial charge in [0, 0.05) is 12.1 Å². The molecule has 1 heterocycles. The Morgan fingerprint density at radius 3 is 2.67 bits per heavy atom. The van der Waals surface area contributed by atoms with Crippen molar-refractivity contribution < 1.29 is 24.5 Å². The van der Waals surface area contributed by atoms with Crippen LogP contribution in [0.5, 0.6) is 11.5 Å². The molecule has 114 valence electrons. The first-order valence-electron chi connectivity index (χ1n) is 6.88. The predicted octanol–water partition coefficient (Wildman–Crippen LogP) is 1.87. The minimum Gasteiger partial charge on any atom is -0.504 e. The lowest BCUT2D eigenvalue weighted by atomic mass is 9.92. The molecule has 1 unspecified atom stereocenters. The molecule has 6 heteroatoms. The van der Waals surface area contributed by atoms with E-state index < -0.39 is 11.5 Å². The minimum atomic E-state index is -1.15. The number of phenols is 1. The van der Waals surface area contributed by atoms with Crippen molar-refractivity contribution >= 4 is 11.9 Å². The summed E-state index contributed by atoms with van der Waals surface area (Å²) >= 11 is 0. The number of carboxylic acid groups (broad SMARTS) is 1. The van der Waals surface area contributed by atoms with Gasteiger partial charge in [-0.1, -0.05) is 6.92 Å². The molecule has 6 nitrogen and oxygen atoms in total. The van der Waals surface area contributed by atoms with Crippen LogP contribution in [0, 0.1) is 0 Å². The quantitative estimate of drug-likeness (QED) is 0.885. The van der Waals surface area contributed by atoms with Gasteiger partial charge in [-0.25, -0.2) is 4.79 Å². The second-order valence-corrected chi connectivity index (χ2v) is 5.14. The number of benzene rings is 1. The Morgan fingerprint density at radius 2 is 2.14 bits per heavy atom. The Kier molecular flexibility index (Phi) is 4.06. The summed E-state index contributed by atoms with van der Waals surface area (Å²) < 4.78 is 4.94. The highest BCUT2D eigenvalue weighted by molar-refractivity contribution is 5.98. The van der Waals surface area contributed by atoms with Crippen LogP contribution in [-0.4, -0.2) is 46.2 Å². The van der Waals surface area contributed by atoms with Crippen molar-refractivity contribution in [1.82, 2.24) is 4.90 Å². The molecule has 1 aromatic carbocycles. The number of likely N-dealkylation sites (tertiary alicyclic amines) is 1. The number of carbonyl (C=O) groups is 2. The highest BCUT2D eigenvalue weighted by Crippen LogP contribution is 2.35. The number of carboxylic acids is 1. The van der Waals surface area contributed by atoms with Gasteiger partial charge in [-0.15, -0.1) is 0 Å². The fourth-order valence-electron chi connectivity index (χ4n) is 2.89. The molecule has 1 aromatic rings. The van der Waals surface area contributed by atoms with E-state index in [4.69, 9.17) is 4.74 Å². The van der Waals surface area contributed by atoms with Crippen molar-refractivity contribution in [2.45, 2.75) is 31.7 Å². The van der Waals surface area contributed by atoms with Crippen LogP contribution < -0.4 is 4.74 Å². The molecule has 1 atom stereocenters. The summed E-state index contributed by atoms with van der Waals surface area (Å²) in [5.41, 5.74) is -0.888. The smallest absolute Gasteiger partial charge is 0.329 e. The third kappa shape index (κ3) is 2.41. The van der Waals surface area contributed by atoms with E-state index in [1.807, 2.05) is 0 Å². The number of hydrogen-bond donors (Lipinski definition) is 2. The number of amides is 1. The van der Waals surface area contributed by atoms with Crippen molar-refractivity contribution in [2.75, 3.05) is 13.7 Å². The summed E-state index contributed by atoms with van der Waals surface area (Å²) in [6, 6.07) is 4.33. The van der Waals surface area contributed by atoms with E-state index in [1.54, 1.807) is 6.92 Å². The van der Waals surface area contributed by atoms with Crippen molar-refractivity contribution in [3.05, 3.63) is 23.8 Å². The zero-order chi connectivity index (χ0) is 15.6. The van der Waals surface area contributed by atoms with Crippen molar-refractivity contribution in [3.8, 4) is 11.5 Å². The normalized spacial score (nSPS) is 21.3. The Labute approximate surface area is 122 Å². The monoisotopic (exact) mass is 293 g/mol. The Bertz CT molecular complexity index is 571. The van der Waals surface area contributed by atoms with Crippen LogP contribution in [0.3, 0.4) is 0 Å². The van der Waals surface area contributed by atoms with Gasteiger partial charge in [0.1, 0.15) is 5.54 Å². The van der Waals surface area contributed by atoms with E-state index in [0.717, 1.165) is 0 Å². The zero-order valence-electron chi connectivity index (χ0n) is 12.1. The van der Waals surface area contributed by atoms with Gasteiger partial charge in [0.2, 0.25) is 0 Å². The van der Waals surface area contributed by atoms with Crippen LogP contribution in [0.15, 0.2) is 18.2 Å². The van der Waals surface area contributed by atoms with Gasteiger partial charge in [0.05, 0.1) is 7.11 Å². The van der Waals surface area contributed by atoms with Gasteiger partial charge < -0.3 is 19.8 Å². The van der Waals surface area contributed by atoms with Gasteiger partial charge in [-0.2, -0.15) is 0 Å². The summed E-state index contributed by atoms with van der Waals surface area (Å²) in [7, 11) is 1.42. The number of aromatic hydroxyl groups is 1. The summed E-state index contributed by atoms with van der Waals surface area (Å²) in [6.45, 7) is 2.18.